The average Bonchev–Trinajstić information content (AvgIpc) is 2.77. The third kappa shape index (κ3) is 4.17. The Kier molecular flexibility index (Phi) is 4.82. The van der Waals surface area contributed by atoms with Gasteiger partial charge >= 0.3 is 0 Å². The lowest BCUT2D eigenvalue weighted by Gasteiger charge is -2.19. The zero-order chi connectivity index (χ0) is 15.5. The zero-order valence-electron chi connectivity index (χ0n) is 11.7. The van der Waals surface area contributed by atoms with Gasteiger partial charge in [-0.25, -0.2) is 12.8 Å². The molecule has 0 aliphatic carbocycles. The van der Waals surface area contributed by atoms with Crippen molar-refractivity contribution in [3.05, 3.63) is 30.1 Å². The van der Waals surface area contributed by atoms with E-state index in [-0.39, 0.29) is 23.3 Å². The Hall–Kier alpha value is -1.63. The van der Waals surface area contributed by atoms with E-state index in [0.29, 0.717) is 12.8 Å². The second kappa shape index (κ2) is 6.43. The molecule has 1 aliphatic heterocycles. The summed E-state index contributed by atoms with van der Waals surface area (Å²) >= 11 is 0. The van der Waals surface area contributed by atoms with Gasteiger partial charge in [-0.05, 0) is 25.0 Å². The van der Waals surface area contributed by atoms with Crippen molar-refractivity contribution in [2.75, 3.05) is 11.5 Å². The molecule has 1 aliphatic rings. The first-order chi connectivity index (χ1) is 9.91. The molecule has 5 nitrogen and oxygen atoms in total. The lowest BCUT2D eigenvalue weighted by molar-refractivity contribution is -0.128. The smallest absolute Gasteiger partial charge is 0.261 e. The van der Waals surface area contributed by atoms with E-state index < -0.39 is 27.7 Å². The number of ether oxygens (including phenoxy) is 1. The standard InChI is InChI=1S/C14H18FNO4S/c1-2-12(20-13-6-4-3-5-11(13)15)14(17)16-10-7-8-21(18,19)9-10/h3-6,10,12H,2,7-9H2,1H3,(H,16,17)/t10-,12+/m1/s1. The van der Waals surface area contributed by atoms with Gasteiger partial charge in [0.2, 0.25) is 0 Å². The van der Waals surface area contributed by atoms with E-state index >= 15 is 0 Å². The van der Waals surface area contributed by atoms with Gasteiger partial charge in [0.05, 0.1) is 11.5 Å². The summed E-state index contributed by atoms with van der Waals surface area (Å²) in [6.07, 6.45) is -0.0747. The van der Waals surface area contributed by atoms with E-state index in [1.807, 2.05) is 0 Å². The van der Waals surface area contributed by atoms with Crippen LogP contribution in [0.25, 0.3) is 0 Å². The van der Waals surface area contributed by atoms with Crippen LogP contribution in [0.4, 0.5) is 4.39 Å². The molecule has 116 valence electrons. The van der Waals surface area contributed by atoms with Gasteiger partial charge in [0.25, 0.3) is 5.91 Å². The highest BCUT2D eigenvalue weighted by Gasteiger charge is 2.31. The molecule has 1 heterocycles. The number of rotatable bonds is 5. The number of carbonyl (C=O) groups is 1. The Labute approximate surface area is 123 Å². The van der Waals surface area contributed by atoms with Crippen LogP contribution in [0, 0.1) is 5.82 Å². The maximum Gasteiger partial charge on any atom is 0.261 e. The molecule has 1 amide bonds. The van der Waals surface area contributed by atoms with Gasteiger partial charge in [0.1, 0.15) is 0 Å². The Morgan fingerprint density at radius 1 is 1.48 bits per heavy atom. The highest BCUT2D eigenvalue weighted by atomic mass is 32.2. The van der Waals surface area contributed by atoms with Crippen LogP contribution < -0.4 is 10.1 Å². The van der Waals surface area contributed by atoms with E-state index in [2.05, 4.69) is 5.32 Å². The van der Waals surface area contributed by atoms with Crippen molar-refractivity contribution in [3.63, 3.8) is 0 Å². The highest BCUT2D eigenvalue weighted by molar-refractivity contribution is 7.91. The second-order valence-corrected chi connectivity index (χ2v) is 7.28. The summed E-state index contributed by atoms with van der Waals surface area (Å²) in [7, 11) is -3.05. The van der Waals surface area contributed by atoms with Crippen LogP contribution >= 0.6 is 0 Å². The molecule has 0 aromatic heterocycles. The molecule has 0 spiro atoms. The maximum atomic E-state index is 13.5. The lowest BCUT2D eigenvalue weighted by atomic mass is 10.2. The number of halogens is 1. The minimum atomic E-state index is -3.05. The number of hydrogen-bond acceptors (Lipinski definition) is 4. The molecule has 1 fully saturated rings. The molecule has 1 N–H and O–H groups in total. The number of para-hydroxylation sites is 1. The van der Waals surface area contributed by atoms with E-state index in [4.69, 9.17) is 4.74 Å². The minimum Gasteiger partial charge on any atom is -0.478 e. The summed E-state index contributed by atoms with van der Waals surface area (Å²) < 4.78 is 41.6. The minimum absolute atomic E-state index is 0.0125. The topological polar surface area (TPSA) is 72.5 Å². The van der Waals surface area contributed by atoms with Gasteiger partial charge in [-0.2, -0.15) is 0 Å². The van der Waals surface area contributed by atoms with E-state index in [9.17, 15) is 17.6 Å². The monoisotopic (exact) mass is 315 g/mol. The number of hydrogen-bond donors (Lipinski definition) is 1. The third-order valence-electron chi connectivity index (χ3n) is 3.35. The van der Waals surface area contributed by atoms with Gasteiger partial charge in [0.15, 0.2) is 27.5 Å². The number of benzene rings is 1. The molecule has 2 rings (SSSR count). The van der Waals surface area contributed by atoms with Gasteiger partial charge in [-0.15, -0.1) is 0 Å². The number of carbonyl (C=O) groups excluding carboxylic acids is 1. The summed E-state index contributed by atoms with van der Waals surface area (Å²) in [6, 6.07) is 5.47. The zero-order valence-corrected chi connectivity index (χ0v) is 12.5. The van der Waals surface area contributed by atoms with Crippen LogP contribution in [0.3, 0.4) is 0 Å². The first-order valence-electron chi connectivity index (χ1n) is 6.83. The molecule has 0 bridgehead atoms. The predicted octanol–water partition coefficient (Wildman–Crippen LogP) is 1.29. The molecule has 7 heteroatoms. The maximum absolute atomic E-state index is 13.5. The van der Waals surface area contributed by atoms with Crippen LogP contribution in [0.5, 0.6) is 5.75 Å². The summed E-state index contributed by atoms with van der Waals surface area (Å²) in [5, 5.41) is 2.66. The first kappa shape index (κ1) is 15.8. The predicted molar refractivity (Wildman–Crippen MR) is 76.3 cm³/mol. The summed E-state index contributed by atoms with van der Waals surface area (Å²) in [6.45, 7) is 1.75. The van der Waals surface area contributed by atoms with Crippen LogP contribution in [0.1, 0.15) is 19.8 Å². The Bertz CT molecular complexity index is 617. The fourth-order valence-corrected chi connectivity index (χ4v) is 3.89. The molecule has 2 atom stereocenters. The normalized spacial score (nSPS) is 21.7. The Morgan fingerprint density at radius 3 is 2.76 bits per heavy atom. The molecule has 21 heavy (non-hydrogen) atoms. The highest BCUT2D eigenvalue weighted by Crippen LogP contribution is 2.18. The van der Waals surface area contributed by atoms with Crippen molar-refractivity contribution in [3.8, 4) is 5.75 Å². The average molecular weight is 315 g/mol. The Balaban J connectivity index is 1.98. The largest absolute Gasteiger partial charge is 0.478 e. The quantitative estimate of drug-likeness (QED) is 0.888. The molecule has 0 radical (unpaired) electrons. The molecule has 1 saturated heterocycles. The number of amides is 1. The van der Waals surface area contributed by atoms with E-state index in [0.717, 1.165) is 0 Å². The van der Waals surface area contributed by atoms with Crippen molar-refractivity contribution < 1.29 is 22.3 Å². The molecular weight excluding hydrogens is 297 g/mol. The molecule has 1 aromatic rings. The Morgan fingerprint density at radius 2 is 2.19 bits per heavy atom. The lowest BCUT2D eigenvalue weighted by Crippen LogP contribution is -2.44. The van der Waals surface area contributed by atoms with E-state index in [1.54, 1.807) is 13.0 Å². The fraction of sp³-hybridized carbons (Fsp3) is 0.500. The van der Waals surface area contributed by atoms with Crippen molar-refractivity contribution in [1.29, 1.82) is 0 Å². The van der Waals surface area contributed by atoms with Gasteiger partial charge < -0.3 is 10.1 Å². The summed E-state index contributed by atoms with van der Waals surface area (Å²) in [5.74, 6) is -0.897. The van der Waals surface area contributed by atoms with Gasteiger partial charge in [0, 0.05) is 6.04 Å². The summed E-state index contributed by atoms with van der Waals surface area (Å²) in [4.78, 5) is 12.1. The van der Waals surface area contributed by atoms with Crippen LogP contribution in [-0.2, 0) is 14.6 Å². The van der Waals surface area contributed by atoms with Gasteiger partial charge in [-0.1, -0.05) is 19.1 Å². The van der Waals surface area contributed by atoms with E-state index in [1.165, 1.54) is 18.2 Å². The van der Waals surface area contributed by atoms with Crippen molar-refractivity contribution in [2.45, 2.75) is 31.9 Å². The summed E-state index contributed by atoms with van der Waals surface area (Å²) in [5.41, 5.74) is 0. The SMILES string of the molecule is CC[C@H](Oc1ccccc1F)C(=O)N[C@@H]1CCS(=O)(=O)C1. The molecular formula is C14H18FNO4S. The fourth-order valence-electron chi connectivity index (χ4n) is 2.22. The van der Waals surface area contributed by atoms with Crippen molar-refractivity contribution in [1.82, 2.24) is 5.32 Å². The second-order valence-electron chi connectivity index (χ2n) is 5.05. The van der Waals surface area contributed by atoms with Gasteiger partial charge in [-0.3, -0.25) is 4.79 Å². The van der Waals surface area contributed by atoms with Crippen LogP contribution in [0.2, 0.25) is 0 Å². The van der Waals surface area contributed by atoms with Crippen molar-refractivity contribution in [2.24, 2.45) is 0 Å². The first-order valence-corrected chi connectivity index (χ1v) is 8.65. The van der Waals surface area contributed by atoms with Crippen LogP contribution in [0.15, 0.2) is 24.3 Å². The third-order valence-corrected chi connectivity index (χ3v) is 5.12. The molecule has 1 aromatic carbocycles. The van der Waals surface area contributed by atoms with Crippen LogP contribution in [-0.4, -0.2) is 38.0 Å². The molecule has 0 unspecified atom stereocenters. The molecule has 0 saturated carbocycles. The number of sulfone groups is 1. The number of nitrogens with one attached hydrogen (secondary N) is 1. The van der Waals surface area contributed by atoms with Crippen molar-refractivity contribution >= 4 is 15.7 Å².